The maximum Gasteiger partial charge on any atom is 0.244 e. The van der Waals surface area contributed by atoms with E-state index >= 15 is 0 Å². The predicted molar refractivity (Wildman–Crippen MR) is 104 cm³/mol. The van der Waals surface area contributed by atoms with E-state index in [1.54, 1.807) is 13.3 Å². The smallest absolute Gasteiger partial charge is 0.244 e. The summed E-state index contributed by atoms with van der Waals surface area (Å²) in [6.07, 6.45) is 1.89. The normalized spacial score (nSPS) is 11.0. The second kappa shape index (κ2) is 7.94. The van der Waals surface area contributed by atoms with Crippen LogP contribution in [0.3, 0.4) is 0 Å². The van der Waals surface area contributed by atoms with E-state index < -0.39 is 0 Å². The summed E-state index contributed by atoms with van der Waals surface area (Å²) >= 11 is 3.42. The van der Waals surface area contributed by atoms with Crippen LogP contribution in [0.25, 0.3) is 10.8 Å². The van der Waals surface area contributed by atoms with Crippen molar-refractivity contribution in [1.82, 2.24) is 5.43 Å². The third-order valence-electron chi connectivity index (χ3n) is 3.81. The molecule has 5 heteroatoms. The van der Waals surface area contributed by atoms with Gasteiger partial charge < -0.3 is 4.74 Å². The monoisotopic (exact) mass is 396 g/mol. The van der Waals surface area contributed by atoms with Crippen LogP contribution in [-0.2, 0) is 11.2 Å². The number of ether oxygens (including phenoxy) is 1. The standard InChI is InChI=1S/C20H17BrN2O2/c1-25-19-10-9-14(11-18(19)21)13-22-23-20(24)12-16-7-4-6-15-5-2-3-8-17(15)16/h2-11,13H,12H2,1H3,(H,23,24). The van der Waals surface area contributed by atoms with Gasteiger partial charge in [-0.25, -0.2) is 5.43 Å². The molecule has 1 N–H and O–H groups in total. The number of fused-ring (bicyclic) bond motifs is 1. The van der Waals surface area contributed by atoms with Crippen molar-refractivity contribution >= 4 is 38.8 Å². The Morgan fingerprint density at radius 3 is 2.76 bits per heavy atom. The van der Waals surface area contributed by atoms with Crippen molar-refractivity contribution in [2.45, 2.75) is 6.42 Å². The van der Waals surface area contributed by atoms with E-state index in [2.05, 4.69) is 26.5 Å². The fraction of sp³-hybridized carbons (Fsp3) is 0.100. The minimum absolute atomic E-state index is 0.153. The van der Waals surface area contributed by atoms with Gasteiger partial charge in [-0.05, 0) is 56.0 Å². The van der Waals surface area contributed by atoms with Crippen LogP contribution in [0.4, 0.5) is 0 Å². The summed E-state index contributed by atoms with van der Waals surface area (Å²) in [5.41, 5.74) is 4.42. The Balaban J connectivity index is 1.65. The number of hydrogen-bond acceptors (Lipinski definition) is 3. The molecule has 0 bridgehead atoms. The molecule has 0 atom stereocenters. The molecule has 3 aromatic carbocycles. The summed E-state index contributed by atoms with van der Waals surface area (Å²) in [6.45, 7) is 0. The average Bonchev–Trinajstić information content (AvgIpc) is 2.62. The molecule has 0 unspecified atom stereocenters. The van der Waals surface area contributed by atoms with E-state index in [9.17, 15) is 4.79 Å². The highest BCUT2D eigenvalue weighted by molar-refractivity contribution is 9.10. The molecule has 126 valence electrons. The van der Waals surface area contributed by atoms with Crippen LogP contribution >= 0.6 is 15.9 Å². The van der Waals surface area contributed by atoms with Gasteiger partial charge in [-0.15, -0.1) is 0 Å². The summed E-state index contributed by atoms with van der Waals surface area (Å²) in [6, 6.07) is 19.6. The van der Waals surface area contributed by atoms with Gasteiger partial charge in [-0.1, -0.05) is 42.5 Å². The first-order valence-electron chi connectivity index (χ1n) is 7.79. The second-order valence-electron chi connectivity index (χ2n) is 5.50. The molecule has 3 aromatic rings. The summed E-state index contributed by atoms with van der Waals surface area (Å²) in [7, 11) is 1.61. The number of nitrogens with zero attached hydrogens (tertiary/aromatic N) is 1. The first-order valence-corrected chi connectivity index (χ1v) is 8.59. The molecular weight excluding hydrogens is 380 g/mol. The van der Waals surface area contributed by atoms with Crippen LogP contribution in [0.2, 0.25) is 0 Å². The highest BCUT2D eigenvalue weighted by Gasteiger charge is 2.06. The topological polar surface area (TPSA) is 50.7 Å². The van der Waals surface area contributed by atoms with Crippen molar-refractivity contribution in [3.63, 3.8) is 0 Å². The predicted octanol–water partition coefficient (Wildman–Crippen LogP) is 4.30. The van der Waals surface area contributed by atoms with Crippen LogP contribution in [0.1, 0.15) is 11.1 Å². The number of halogens is 1. The lowest BCUT2D eigenvalue weighted by Crippen LogP contribution is -2.19. The molecule has 3 rings (SSSR count). The van der Waals surface area contributed by atoms with Gasteiger partial charge >= 0.3 is 0 Å². The molecule has 0 fully saturated rings. The Hall–Kier alpha value is -2.66. The van der Waals surface area contributed by atoms with E-state index in [1.807, 2.05) is 60.7 Å². The molecule has 0 aliphatic rings. The largest absolute Gasteiger partial charge is 0.496 e. The number of nitrogens with one attached hydrogen (secondary N) is 1. The molecule has 0 spiro atoms. The van der Waals surface area contributed by atoms with Crippen LogP contribution < -0.4 is 10.2 Å². The van der Waals surface area contributed by atoms with E-state index in [0.29, 0.717) is 0 Å². The van der Waals surface area contributed by atoms with E-state index in [0.717, 1.165) is 32.1 Å². The summed E-state index contributed by atoms with van der Waals surface area (Å²) in [5, 5.41) is 6.24. The third-order valence-corrected chi connectivity index (χ3v) is 4.43. The number of rotatable bonds is 5. The maximum absolute atomic E-state index is 12.2. The number of hydrazone groups is 1. The number of carbonyl (C=O) groups is 1. The Bertz CT molecular complexity index is 933. The van der Waals surface area contributed by atoms with Crippen LogP contribution in [0.5, 0.6) is 5.75 Å². The molecule has 0 radical (unpaired) electrons. The lowest BCUT2D eigenvalue weighted by Gasteiger charge is -2.06. The Kier molecular flexibility index (Phi) is 5.46. The lowest BCUT2D eigenvalue weighted by molar-refractivity contribution is -0.120. The summed E-state index contributed by atoms with van der Waals surface area (Å²) < 4.78 is 6.02. The number of amides is 1. The average molecular weight is 397 g/mol. The maximum atomic E-state index is 12.2. The number of methoxy groups -OCH3 is 1. The van der Waals surface area contributed by atoms with E-state index in [1.165, 1.54) is 0 Å². The van der Waals surface area contributed by atoms with Gasteiger partial charge in [0.15, 0.2) is 0 Å². The quantitative estimate of drug-likeness (QED) is 0.516. The number of carbonyl (C=O) groups excluding carboxylic acids is 1. The van der Waals surface area contributed by atoms with Crippen molar-refractivity contribution in [2.75, 3.05) is 7.11 Å². The van der Waals surface area contributed by atoms with E-state index in [-0.39, 0.29) is 12.3 Å². The zero-order valence-electron chi connectivity index (χ0n) is 13.7. The molecule has 0 aliphatic carbocycles. The molecule has 0 aromatic heterocycles. The van der Waals surface area contributed by atoms with Gasteiger partial charge in [-0.2, -0.15) is 5.10 Å². The molecule has 0 aliphatic heterocycles. The van der Waals surface area contributed by atoms with Crippen molar-refractivity contribution in [3.05, 3.63) is 76.3 Å². The first-order chi connectivity index (χ1) is 12.2. The highest BCUT2D eigenvalue weighted by Crippen LogP contribution is 2.24. The SMILES string of the molecule is COc1ccc(C=NNC(=O)Cc2cccc3ccccc23)cc1Br. The Morgan fingerprint density at radius 1 is 1.16 bits per heavy atom. The fourth-order valence-corrected chi connectivity index (χ4v) is 3.16. The first kappa shape index (κ1) is 17.2. The Labute approximate surface area is 154 Å². The zero-order chi connectivity index (χ0) is 17.6. The molecule has 0 saturated carbocycles. The van der Waals surface area contributed by atoms with Crippen molar-refractivity contribution in [1.29, 1.82) is 0 Å². The van der Waals surface area contributed by atoms with Gasteiger partial charge in [0.25, 0.3) is 0 Å². The van der Waals surface area contributed by atoms with Crippen molar-refractivity contribution in [2.24, 2.45) is 5.10 Å². The molecular formula is C20H17BrN2O2. The van der Waals surface area contributed by atoms with Crippen LogP contribution in [0.15, 0.2) is 70.2 Å². The highest BCUT2D eigenvalue weighted by atomic mass is 79.9. The van der Waals surface area contributed by atoms with Gasteiger partial charge in [0.2, 0.25) is 5.91 Å². The minimum atomic E-state index is -0.153. The molecule has 25 heavy (non-hydrogen) atoms. The van der Waals surface area contributed by atoms with Crippen molar-refractivity contribution in [3.8, 4) is 5.75 Å². The Morgan fingerprint density at radius 2 is 1.96 bits per heavy atom. The van der Waals surface area contributed by atoms with Crippen molar-refractivity contribution < 1.29 is 9.53 Å². The summed E-state index contributed by atoms with van der Waals surface area (Å²) in [5.74, 6) is 0.595. The molecule has 1 amide bonds. The van der Waals surface area contributed by atoms with Gasteiger partial charge in [0, 0.05) is 0 Å². The van der Waals surface area contributed by atoms with E-state index in [4.69, 9.17) is 4.74 Å². The zero-order valence-corrected chi connectivity index (χ0v) is 15.3. The summed E-state index contributed by atoms with van der Waals surface area (Å²) in [4.78, 5) is 12.2. The third kappa shape index (κ3) is 4.25. The second-order valence-corrected chi connectivity index (χ2v) is 6.36. The number of hydrogen-bond donors (Lipinski definition) is 1. The minimum Gasteiger partial charge on any atom is -0.496 e. The number of benzene rings is 3. The fourth-order valence-electron chi connectivity index (χ4n) is 2.60. The van der Waals surface area contributed by atoms with Gasteiger partial charge in [-0.3, -0.25) is 4.79 Å². The molecule has 0 saturated heterocycles. The molecule has 4 nitrogen and oxygen atoms in total. The van der Waals surface area contributed by atoms with Crippen LogP contribution in [-0.4, -0.2) is 19.2 Å². The lowest BCUT2D eigenvalue weighted by atomic mass is 10.0. The molecule has 0 heterocycles. The van der Waals surface area contributed by atoms with Gasteiger partial charge in [0.1, 0.15) is 5.75 Å². The van der Waals surface area contributed by atoms with Crippen LogP contribution in [0, 0.1) is 0 Å². The van der Waals surface area contributed by atoms with Gasteiger partial charge in [0.05, 0.1) is 24.2 Å².